The fraction of sp³-hybridized carbons (Fsp3) is 0.167. The van der Waals surface area contributed by atoms with E-state index in [0.29, 0.717) is 17.3 Å². The van der Waals surface area contributed by atoms with E-state index < -0.39 is 5.91 Å². The Morgan fingerprint density at radius 1 is 1.33 bits per heavy atom. The molecule has 6 heteroatoms. The molecule has 2 rings (SSSR count). The third kappa shape index (κ3) is 4.11. The molecule has 122 valence electrons. The van der Waals surface area contributed by atoms with Crippen LogP contribution in [-0.2, 0) is 4.79 Å². The highest BCUT2D eigenvalue weighted by Gasteiger charge is 2.12. The molecule has 0 atom stereocenters. The SMILES string of the molecule is COc1ccc(C)cc1NC(=O)/C(C#N)=C\Nc1ncccc1C. The lowest BCUT2D eigenvalue weighted by Crippen LogP contribution is -2.15. The van der Waals surface area contributed by atoms with Crippen molar-refractivity contribution in [2.45, 2.75) is 13.8 Å². The molecule has 0 aliphatic carbocycles. The largest absolute Gasteiger partial charge is 0.495 e. The zero-order valence-corrected chi connectivity index (χ0v) is 13.8. The second kappa shape index (κ2) is 7.79. The summed E-state index contributed by atoms with van der Waals surface area (Å²) in [4.78, 5) is 16.5. The van der Waals surface area contributed by atoms with E-state index in [1.165, 1.54) is 13.3 Å². The number of amides is 1. The number of methoxy groups -OCH3 is 1. The first kappa shape index (κ1) is 17.0. The van der Waals surface area contributed by atoms with Crippen LogP contribution in [0.25, 0.3) is 0 Å². The van der Waals surface area contributed by atoms with Crippen LogP contribution in [0.1, 0.15) is 11.1 Å². The fourth-order valence-corrected chi connectivity index (χ4v) is 2.04. The summed E-state index contributed by atoms with van der Waals surface area (Å²) < 4.78 is 5.22. The Morgan fingerprint density at radius 3 is 2.79 bits per heavy atom. The van der Waals surface area contributed by atoms with Gasteiger partial charge in [-0.25, -0.2) is 4.98 Å². The quantitative estimate of drug-likeness (QED) is 0.652. The van der Waals surface area contributed by atoms with Crippen LogP contribution in [-0.4, -0.2) is 18.0 Å². The van der Waals surface area contributed by atoms with Crippen LogP contribution >= 0.6 is 0 Å². The minimum atomic E-state index is -0.525. The molecular formula is C18H18N4O2. The summed E-state index contributed by atoms with van der Waals surface area (Å²) in [5, 5.41) is 14.8. The van der Waals surface area contributed by atoms with E-state index >= 15 is 0 Å². The molecule has 0 aliphatic rings. The summed E-state index contributed by atoms with van der Waals surface area (Å²) in [5.74, 6) is 0.591. The predicted octanol–water partition coefficient (Wildman–Crippen LogP) is 3.17. The molecule has 2 aromatic rings. The molecule has 0 fully saturated rings. The van der Waals surface area contributed by atoms with E-state index in [0.717, 1.165) is 11.1 Å². The van der Waals surface area contributed by atoms with Gasteiger partial charge in [-0.3, -0.25) is 4.79 Å². The summed E-state index contributed by atoms with van der Waals surface area (Å²) in [5.41, 5.74) is 2.32. The lowest BCUT2D eigenvalue weighted by Gasteiger charge is -2.11. The number of pyridine rings is 1. The van der Waals surface area contributed by atoms with Gasteiger partial charge in [-0.15, -0.1) is 0 Å². The van der Waals surface area contributed by atoms with Gasteiger partial charge in [-0.2, -0.15) is 5.26 Å². The van der Waals surface area contributed by atoms with E-state index in [1.54, 1.807) is 18.3 Å². The van der Waals surface area contributed by atoms with Crippen LogP contribution in [0.2, 0.25) is 0 Å². The lowest BCUT2D eigenvalue weighted by molar-refractivity contribution is -0.112. The molecule has 0 radical (unpaired) electrons. The van der Waals surface area contributed by atoms with Crippen molar-refractivity contribution in [1.29, 1.82) is 5.26 Å². The van der Waals surface area contributed by atoms with Crippen molar-refractivity contribution >= 4 is 17.4 Å². The summed E-state index contributed by atoms with van der Waals surface area (Å²) >= 11 is 0. The van der Waals surface area contributed by atoms with Gasteiger partial charge in [0.15, 0.2) is 0 Å². The highest BCUT2D eigenvalue weighted by atomic mass is 16.5. The van der Waals surface area contributed by atoms with E-state index in [-0.39, 0.29) is 5.57 Å². The molecular weight excluding hydrogens is 304 g/mol. The number of aromatic nitrogens is 1. The van der Waals surface area contributed by atoms with E-state index in [4.69, 9.17) is 4.74 Å². The van der Waals surface area contributed by atoms with Crippen LogP contribution in [0, 0.1) is 25.2 Å². The molecule has 0 unspecified atom stereocenters. The number of aryl methyl sites for hydroxylation is 2. The minimum absolute atomic E-state index is 0.0661. The highest BCUT2D eigenvalue weighted by molar-refractivity contribution is 6.07. The predicted molar refractivity (Wildman–Crippen MR) is 92.7 cm³/mol. The Kier molecular flexibility index (Phi) is 5.53. The average Bonchev–Trinajstić information content (AvgIpc) is 2.57. The molecule has 1 aromatic heterocycles. The van der Waals surface area contributed by atoms with Gasteiger partial charge in [-0.05, 0) is 43.2 Å². The van der Waals surface area contributed by atoms with Crippen LogP contribution in [0.4, 0.5) is 11.5 Å². The number of anilines is 2. The summed E-state index contributed by atoms with van der Waals surface area (Å²) in [6, 6.07) is 11.0. The van der Waals surface area contributed by atoms with Crippen molar-refractivity contribution in [2.24, 2.45) is 0 Å². The fourth-order valence-electron chi connectivity index (χ4n) is 2.04. The van der Waals surface area contributed by atoms with Crippen LogP contribution in [0.3, 0.4) is 0 Å². The van der Waals surface area contributed by atoms with Gasteiger partial charge >= 0.3 is 0 Å². The van der Waals surface area contributed by atoms with Crippen molar-refractivity contribution in [3.63, 3.8) is 0 Å². The number of carbonyl (C=O) groups is 1. The normalized spacial score (nSPS) is 10.7. The molecule has 1 amide bonds. The topological polar surface area (TPSA) is 87.0 Å². The second-order valence-electron chi connectivity index (χ2n) is 5.14. The molecule has 2 N–H and O–H groups in total. The molecule has 6 nitrogen and oxygen atoms in total. The number of nitriles is 1. The third-order valence-electron chi connectivity index (χ3n) is 3.33. The molecule has 0 aliphatic heterocycles. The van der Waals surface area contributed by atoms with Gasteiger partial charge in [0.05, 0.1) is 12.8 Å². The first-order chi connectivity index (χ1) is 11.5. The van der Waals surface area contributed by atoms with Gasteiger partial charge in [0.2, 0.25) is 0 Å². The molecule has 0 saturated heterocycles. The Hall–Kier alpha value is -3.33. The first-order valence-corrected chi connectivity index (χ1v) is 7.29. The van der Waals surface area contributed by atoms with Gasteiger partial charge in [0.1, 0.15) is 23.2 Å². The van der Waals surface area contributed by atoms with Crippen molar-refractivity contribution < 1.29 is 9.53 Å². The number of hydrogen-bond acceptors (Lipinski definition) is 5. The smallest absolute Gasteiger partial charge is 0.267 e. The van der Waals surface area contributed by atoms with Gasteiger partial charge in [0, 0.05) is 12.4 Å². The van der Waals surface area contributed by atoms with E-state index in [1.807, 2.05) is 38.1 Å². The Morgan fingerprint density at radius 2 is 2.12 bits per heavy atom. The number of ether oxygens (including phenoxy) is 1. The maximum atomic E-state index is 12.3. The summed E-state index contributed by atoms with van der Waals surface area (Å²) in [6.45, 7) is 3.79. The van der Waals surface area contributed by atoms with Gasteiger partial charge in [0.25, 0.3) is 5.91 Å². The number of carbonyl (C=O) groups excluding carboxylic acids is 1. The molecule has 0 bridgehead atoms. The number of rotatable bonds is 5. The third-order valence-corrected chi connectivity index (χ3v) is 3.33. The van der Waals surface area contributed by atoms with E-state index in [9.17, 15) is 10.1 Å². The molecule has 0 saturated carbocycles. The van der Waals surface area contributed by atoms with Crippen molar-refractivity contribution in [3.8, 4) is 11.8 Å². The molecule has 0 spiro atoms. The zero-order valence-electron chi connectivity index (χ0n) is 13.8. The van der Waals surface area contributed by atoms with Crippen molar-refractivity contribution in [3.05, 3.63) is 59.4 Å². The number of hydrogen-bond donors (Lipinski definition) is 2. The molecule has 1 aromatic carbocycles. The average molecular weight is 322 g/mol. The summed E-state index contributed by atoms with van der Waals surface area (Å²) in [7, 11) is 1.52. The standard InChI is InChI=1S/C18H18N4O2/c1-12-6-7-16(24-3)15(9-12)22-18(23)14(10-19)11-21-17-13(2)5-4-8-20-17/h4-9,11H,1-3H3,(H,20,21)(H,22,23)/b14-11-. The zero-order chi connectivity index (χ0) is 17.5. The molecule has 1 heterocycles. The molecule has 24 heavy (non-hydrogen) atoms. The maximum absolute atomic E-state index is 12.3. The second-order valence-corrected chi connectivity index (χ2v) is 5.14. The minimum Gasteiger partial charge on any atom is -0.495 e. The lowest BCUT2D eigenvalue weighted by atomic mass is 10.2. The van der Waals surface area contributed by atoms with Crippen LogP contribution in [0.5, 0.6) is 5.75 Å². The van der Waals surface area contributed by atoms with Crippen LogP contribution in [0.15, 0.2) is 48.3 Å². The van der Waals surface area contributed by atoms with Crippen LogP contribution < -0.4 is 15.4 Å². The number of nitrogens with zero attached hydrogens (tertiary/aromatic N) is 2. The maximum Gasteiger partial charge on any atom is 0.267 e. The number of benzene rings is 1. The Labute approximate surface area is 140 Å². The van der Waals surface area contributed by atoms with Crippen molar-refractivity contribution in [2.75, 3.05) is 17.7 Å². The summed E-state index contributed by atoms with van der Waals surface area (Å²) in [6.07, 6.45) is 2.97. The van der Waals surface area contributed by atoms with Crippen molar-refractivity contribution in [1.82, 2.24) is 4.98 Å². The van der Waals surface area contributed by atoms with Gasteiger partial charge < -0.3 is 15.4 Å². The first-order valence-electron chi connectivity index (χ1n) is 7.29. The Balaban J connectivity index is 2.18. The van der Waals surface area contributed by atoms with E-state index in [2.05, 4.69) is 15.6 Å². The number of nitrogens with one attached hydrogen (secondary N) is 2. The Bertz CT molecular complexity index is 822. The highest BCUT2D eigenvalue weighted by Crippen LogP contribution is 2.25. The monoisotopic (exact) mass is 322 g/mol. The van der Waals surface area contributed by atoms with Gasteiger partial charge in [-0.1, -0.05) is 12.1 Å².